The van der Waals surface area contributed by atoms with Crippen molar-refractivity contribution in [3.05, 3.63) is 54.2 Å². The van der Waals surface area contributed by atoms with E-state index in [-0.39, 0.29) is 11.3 Å². The molecule has 2 N–H and O–H groups in total. The molecule has 4 heterocycles. The Labute approximate surface area is 210 Å². The first-order chi connectivity index (χ1) is 17.6. The summed E-state index contributed by atoms with van der Waals surface area (Å²) in [7, 11) is 0. The lowest BCUT2D eigenvalue weighted by molar-refractivity contribution is -0.193. The van der Waals surface area contributed by atoms with Gasteiger partial charge in [0, 0.05) is 49.6 Å². The SMILES string of the molecule is Fc1cccnc1OC[C@]12COC[C@H]1CN(Cc1ccncc1)C2.O=C(O)C(F)(F)F.O=C(O)C(F)(F)F. The highest BCUT2D eigenvalue weighted by Gasteiger charge is 2.51. The van der Waals surface area contributed by atoms with Crippen LogP contribution in [0.3, 0.4) is 0 Å². The van der Waals surface area contributed by atoms with E-state index >= 15 is 0 Å². The summed E-state index contributed by atoms with van der Waals surface area (Å²) in [5.74, 6) is -5.45. The summed E-state index contributed by atoms with van der Waals surface area (Å²) < 4.78 is 88.6. The summed E-state index contributed by atoms with van der Waals surface area (Å²) in [6.07, 6.45) is -4.99. The average molecular weight is 557 g/mol. The van der Waals surface area contributed by atoms with Crippen molar-refractivity contribution >= 4 is 11.9 Å². The normalized spacial score (nSPS) is 20.9. The smallest absolute Gasteiger partial charge is 0.475 e. The molecule has 2 fully saturated rings. The van der Waals surface area contributed by atoms with Crippen LogP contribution in [0.5, 0.6) is 5.88 Å². The number of carboxylic acids is 2. The quantitative estimate of drug-likeness (QED) is 0.533. The maximum atomic E-state index is 13.7. The van der Waals surface area contributed by atoms with E-state index in [0.717, 1.165) is 26.2 Å². The first-order valence-electron chi connectivity index (χ1n) is 10.7. The lowest BCUT2D eigenvalue weighted by Gasteiger charge is -2.27. The summed E-state index contributed by atoms with van der Waals surface area (Å²) in [6.45, 7) is 4.56. The van der Waals surface area contributed by atoms with Crippen LogP contribution in [0.4, 0.5) is 30.7 Å². The van der Waals surface area contributed by atoms with Crippen LogP contribution in [0, 0.1) is 17.2 Å². The minimum atomic E-state index is -5.08. The molecule has 2 atom stereocenters. The van der Waals surface area contributed by atoms with E-state index in [1.165, 1.54) is 11.6 Å². The van der Waals surface area contributed by atoms with Gasteiger partial charge in [-0.3, -0.25) is 9.88 Å². The zero-order chi connectivity index (χ0) is 28.6. The third-order valence-corrected chi connectivity index (χ3v) is 5.45. The van der Waals surface area contributed by atoms with Gasteiger partial charge in [-0.25, -0.2) is 19.0 Å². The van der Waals surface area contributed by atoms with Gasteiger partial charge in [0.2, 0.25) is 5.88 Å². The Morgan fingerprint density at radius 3 is 2.16 bits per heavy atom. The number of aliphatic carboxylic acids is 2. The minimum absolute atomic E-state index is 0.0742. The van der Waals surface area contributed by atoms with Crippen LogP contribution in [0.25, 0.3) is 0 Å². The number of pyridine rings is 2. The van der Waals surface area contributed by atoms with Crippen LogP contribution in [0.1, 0.15) is 5.56 Å². The first-order valence-corrected chi connectivity index (χ1v) is 10.7. The van der Waals surface area contributed by atoms with Crippen LogP contribution in [-0.2, 0) is 20.9 Å². The Bertz CT molecular complexity index is 1050. The number of halogens is 7. The summed E-state index contributed by atoms with van der Waals surface area (Å²) in [6, 6.07) is 7.01. The first kappa shape index (κ1) is 30.7. The summed E-state index contributed by atoms with van der Waals surface area (Å²) >= 11 is 0. The Hall–Kier alpha value is -3.53. The zero-order valence-corrected chi connectivity index (χ0v) is 19.4. The van der Waals surface area contributed by atoms with E-state index < -0.39 is 30.1 Å². The molecule has 0 amide bonds. The van der Waals surface area contributed by atoms with Crippen LogP contribution in [0.15, 0.2) is 42.9 Å². The van der Waals surface area contributed by atoms with Crippen molar-refractivity contribution in [1.82, 2.24) is 14.9 Å². The second-order valence-corrected chi connectivity index (χ2v) is 8.28. The predicted octanol–water partition coefficient (Wildman–Crippen LogP) is 3.41. The Balaban J connectivity index is 0.000000301. The van der Waals surface area contributed by atoms with E-state index in [1.807, 2.05) is 24.5 Å². The van der Waals surface area contributed by atoms with E-state index in [0.29, 0.717) is 19.1 Å². The lowest BCUT2D eigenvalue weighted by Crippen LogP contribution is -2.37. The van der Waals surface area contributed by atoms with Crippen LogP contribution in [-0.4, -0.2) is 82.3 Å². The number of fused-ring (bicyclic) bond motifs is 1. The maximum absolute atomic E-state index is 13.7. The molecule has 210 valence electrons. The fourth-order valence-electron chi connectivity index (χ4n) is 3.70. The molecule has 2 aliphatic heterocycles. The van der Waals surface area contributed by atoms with Gasteiger partial charge in [0.1, 0.15) is 0 Å². The molecule has 9 nitrogen and oxygen atoms in total. The molecule has 0 spiro atoms. The molecular weight excluding hydrogens is 535 g/mol. The molecule has 0 aliphatic carbocycles. The third-order valence-electron chi connectivity index (χ3n) is 5.45. The fraction of sp³-hybridized carbons (Fsp3) is 0.455. The van der Waals surface area contributed by atoms with Crippen LogP contribution in [0.2, 0.25) is 0 Å². The van der Waals surface area contributed by atoms with Gasteiger partial charge in [0.15, 0.2) is 5.82 Å². The van der Waals surface area contributed by atoms with Crippen molar-refractivity contribution in [2.24, 2.45) is 11.3 Å². The second-order valence-electron chi connectivity index (χ2n) is 8.28. The number of hydrogen-bond acceptors (Lipinski definition) is 7. The Morgan fingerprint density at radius 2 is 1.63 bits per heavy atom. The molecule has 38 heavy (non-hydrogen) atoms. The van der Waals surface area contributed by atoms with Crippen molar-refractivity contribution in [2.45, 2.75) is 18.9 Å². The van der Waals surface area contributed by atoms with E-state index in [9.17, 15) is 30.7 Å². The van der Waals surface area contributed by atoms with Gasteiger partial charge in [-0.1, -0.05) is 0 Å². The van der Waals surface area contributed by atoms with E-state index in [2.05, 4.69) is 14.9 Å². The summed E-state index contributed by atoms with van der Waals surface area (Å²) in [5, 5.41) is 14.2. The highest BCUT2D eigenvalue weighted by molar-refractivity contribution is 5.73. The number of alkyl halides is 6. The summed E-state index contributed by atoms with van der Waals surface area (Å²) in [4.78, 5) is 28.2. The molecule has 2 aromatic rings. The number of ether oxygens (including phenoxy) is 2. The molecule has 16 heteroatoms. The van der Waals surface area contributed by atoms with Gasteiger partial charge in [-0.2, -0.15) is 26.3 Å². The molecule has 2 saturated heterocycles. The molecule has 2 aliphatic rings. The highest BCUT2D eigenvalue weighted by Crippen LogP contribution is 2.42. The van der Waals surface area contributed by atoms with E-state index in [1.54, 1.807) is 12.3 Å². The van der Waals surface area contributed by atoms with Gasteiger partial charge in [-0.05, 0) is 29.8 Å². The van der Waals surface area contributed by atoms with Crippen LogP contribution < -0.4 is 4.74 Å². The lowest BCUT2D eigenvalue weighted by atomic mass is 9.82. The standard InChI is InChI=1S/C18H20FN3O2.2C2HF3O2/c19-16-2-1-5-21-17(16)24-13-18-11-22(9-15(18)10-23-12-18)8-14-3-6-20-7-4-14;2*3-2(4,5)1(6)7/h1-7,15H,8-13H2;2*(H,6,7)/t15-,18+;;/m1../s1. The topological polar surface area (TPSA) is 122 Å². The minimum Gasteiger partial charge on any atom is -0.475 e. The van der Waals surface area contributed by atoms with Crippen molar-refractivity contribution in [3.63, 3.8) is 0 Å². The summed E-state index contributed by atoms with van der Waals surface area (Å²) in [5.41, 5.74) is 1.16. The Morgan fingerprint density at radius 1 is 1.05 bits per heavy atom. The monoisotopic (exact) mass is 557 g/mol. The van der Waals surface area contributed by atoms with E-state index in [4.69, 9.17) is 29.3 Å². The Kier molecular flexibility index (Phi) is 10.4. The number of carboxylic acid groups (broad SMARTS) is 2. The van der Waals surface area contributed by atoms with Crippen molar-refractivity contribution in [2.75, 3.05) is 32.9 Å². The molecule has 0 aromatic carbocycles. The number of likely N-dealkylation sites (tertiary alicyclic amines) is 1. The van der Waals surface area contributed by atoms with Gasteiger partial charge in [0.25, 0.3) is 0 Å². The second kappa shape index (κ2) is 12.8. The fourth-order valence-corrected chi connectivity index (χ4v) is 3.70. The number of rotatable bonds is 5. The molecule has 0 saturated carbocycles. The van der Waals surface area contributed by atoms with Gasteiger partial charge in [-0.15, -0.1) is 0 Å². The molecule has 0 radical (unpaired) electrons. The molecular formula is C22H22F7N3O6. The highest BCUT2D eigenvalue weighted by atomic mass is 19.4. The number of aromatic nitrogens is 2. The van der Waals surface area contributed by atoms with Gasteiger partial charge in [0.05, 0.1) is 19.8 Å². The van der Waals surface area contributed by atoms with Gasteiger partial charge >= 0.3 is 24.3 Å². The average Bonchev–Trinajstić information content (AvgIpc) is 3.35. The molecule has 2 aromatic heterocycles. The number of nitrogens with zero attached hydrogens (tertiary/aromatic N) is 3. The van der Waals surface area contributed by atoms with Crippen molar-refractivity contribution in [3.8, 4) is 5.88 Å². The molecule has 4 rings (SSSR count). The maximum Gasteiger partial charge on any atom is 0.490 e. The molecule has 0 unspecified atom stereocenters. The number of hydrogen-bond donors (Lipinski definition) is 2. The van der Waals surface area contributed by atoms with Crippen molar-refractivity contribution in [1.29, 1.82) is 0 Å². The zero-order valence-electron chi connectivity index (χ0n) is 19.4. The van der Waals surface area contributed by atoms with Crippen molar-refractivity contribution < 1.29 is 60.0 Å². The number of carbonyl (C=O) groups is 2. The molecule has 0 bridgehead atoms. The third kappa shape index (κ3) is 9.09. The largest absolute Gasteiger partial charge is 0.490 e. The van der Waals surface area contributed by atoms with Crippen LogP contribution >= 0.6 is 0 Å². The van der Waals surface area contributed by atoms with Gasteiger partial charge < -0.3 is 19.7 Å². The predicted molar refractivity (Wildman–Crippen MR) is 113 cm³/mol.